The molecule has 0 spiro atoms. The van der Waals surface area contributed by atoms with Crippen molar-refractivity contribution in [3.8, 4) is 5.75 Å². The fraction of sp³-hybridized carbons (Fsp3) is 0.370. The van der Waals surface area contributed by atoms with E-state index in [1.165, 1.54) is 6.07 Å². The fourth-order valence-electron chi connectivity index (χ4n) is 3.65. The number of nitrogens with zero attached hydrogens (tertiary/aromatic N) is 2. The fourth-order valence-corrected chi connectivity index (χ4v) is 3.65. The van der Waals surface area contributed by atoms with Gasteiger partial charge in [0.2, 0.25) is 0 Å². The van der Waals surface area contributed by atoms with Gasteiger partial charge in [-0.25, -0.2) is 4.39 Å². The molecule has 0 atom stereocenters. The summed E-state index contributed by atoms with van der Waals surface area (Å²) in [5.74, 6) is 0.879. The van der Waals surface area contributed by atoms with E-state index in [1.807, 2.05) is 53.6 Å². The Balaban J connectivity index is 1.73. The molecule has 1 aromatic heterocycles. The monoisotopic (exact) mass is 436 g/mol. The highest BCUT2D eigenvalue weighted by molar-refractivity contribution is 5.94. The van der Waals surface area contributed by atoms with E-state index in [2.05, 4.69) is 25.3 Å². The summed E-state index contributed by atoms with van der Waals surface area (Å²) in [4.78, 5) is 15.2. The van der Waals surface area contributed by atoms with E-state index in [4.69, 9.17) is 4.74 Å². The van der Waals surface area contributed by atoms with Crippen molar-refractivity contribution in [3.05, 3.63) is 89.5 Å². The number of benzene rings is 2. The molecule has 5 heteroatoms. The molecule has 0 N–H and O–H groups in total. The van der Waals surface area contributed by atoms with Crippen LogP contribution in [0.15, 0.2) is 66.9 Å². The molecular formula is C27H33FN2O2. The first kappa shape index (κ1) is 23.6. The molecule has 1 amide bonds. The van der Waals surface area contributed by atoms with E-state index in [-0.39, 0.29) is 11.7 Å². The van der Waals surface area contributed by atoms with Gasteiger partial charge in [0, 0.05) is 30.5 Å². The first-order valence-corrected chi connectivity index (χ1v) is 11.4. The predicted molar refractivity (Wildman–Crippen MR) is 126 cm³/mol. The van der Waals surface area contributed by atoms with Gasteiger partial charge in [0.1, 0.15) is 11.6 Å². The summed E-state index contributed by atoms with van der Waals surface area (Å²) < 4.78 is 21.4. The molecule has 2 aromatic carbocycles. The van der Waals surface area contributed by atoms with Crippen molar-refractivity contribution in [1.29, 1.82) is 0 Å². The van der Waals surface area contributed by atoms with Crippen LogP contribution in [0.2, 0.25) is 0 Å². The lowest BCUT2D eigenvalue weighted by Crippen LogP contribution is -2.34. The van der Waals surface area contributed by atoms with Crippen molar-refractivity contribution in [2.75, 3.05) is 13.2 Å². The number of rotatable bonds is 11. The molecule has 0 aliphatic rings. The number of hydrogen-bond acceptors (Lipinski definition) is 2. The maximum absolute atomic E-state index is 13.6. The predicted octanol–water partition coefficient (Wildman–Crippen LogP) is 6.15. The number of halogens is 1. The van der Waals surface area contributed by atoms with Gasteiger partial charge in [-0.05, 0) is 66.4 Å². The molecule has 0 saturated carbocycles. The van der Waals surface area contributed by atoms with Crippen LogP contribution >= 0.6 is 0 Å². The van der Waals surface area contributed by atoms with Crippen LogP contribution in [0.1, 0.15) is 55.2 Å². The number of aromatic nitrogens is 1. The molecule has 170 valence electrons. The Morgan fingerprint density at radius 1 is 1.09 bits per heavy atom. The number of carbonyl (C=O) groups excluding carboxylic acids is 1. The number of unbranched alkanes of at least 4 members (excludes halogenated alkanes) is 1. The number of carbonyl (C=O) groups is 1. The minimum absolute atomic E-state index is 0.00249. The van der Waals surface area contributed by atoms with Crippen molar-refractivity contribution in [1.82, 2.24) is 9.47 Å². The van der Waals surface area contributed by atoms with Crippen molar-refractivity contribution in [2.45, 2.75) is 46.7 Å². The number of amides is 1. The molecule has 0 radical (unpaired) electrons. The molecule has 0 aliphatic heterocycles. The summed E-state index contributed by atoms with van der Waals surface area (Å²) in [6.07, 6.45) is 4.07. The molecule has 3 rings (SSSR count). The zero-order valence-electron chi connectivity index (χ0n) is 19.3. The standard InChI is InChI=1S/C27H33FN2O2/c1-4-5-16-32-26-13-11-23(12-14-26)27(31)30(18-21(2)3)20-25-10-7-15-29(25)19-22-8-6-9-24(28)17-22/h6-15,17,21H,4-5,16,18-20H2,1-3H3. The second kappa shape index (κ2) is 11.5. The van der Waals surface area contributed by atoms with Crippen molar-refractivity contribution < 1.29 is 13.9 Å². The van der Waals surface area contributed by atoms with E-state index < -0.39 is 0 Å². The molecule has 0 saturated heterocycles. The average Bonchev–Trinajstić information content (AvgIpc) is 3.19. The molecule has 0 unspecified atom stereocenters. The maximum Gasteiger partial charge on any atom is 0.254 e. The summed E-state index contributed by atoms with van der Waals surface area (Å²) in [6.45, 7) is 8.74. The van der Waals surface area contributed by atoms with Crippen LogP contribution < -0.4 is 4.74 Å². The lowest BCUT2D eigenvalue weighted by Gasteiger charge is -2.25. The Kier molecular flexibility index (Phi) is 8.48. The SMILES string of the molecule is CCCCOc1ccc(C(=O)N(Cc2cccn2Cc2cccc(F)c2)CC(C)C)cc1. The summed E-state index contributed by atoms with van der Waals surface area (Å²) >= 11 is 0. The molecule has 4 nitrogen and oxygen atoms in total. The van der Waals surface area contributed by atoms with E-state index in [0.717, 1.165) is 29.8 Å². The van der Waals surface area contributed by atoms with Crippen molar-refractivity contribution >= 4 is 5.91 Å². The summed E-state index contributed by atoms with van der Waals surface area (Å²) in [5.41, 5.74) is 2.56. The van der Waals surface area contributed by atoms with Gasteiger partial charge in [0.05, 0.1) is 13.2 Å². The first-order chi connectivity index (χ1) is 15.5. The van der Waals surface area contributed by atoms with Gasteiger partial charge in [0.15, 0.2) is 0 Å². The zero-order chi connectivity index (χ0) is 22.9. The quantitative estimate of drug-likeness (QED) is 0.338. The van der Waals surface area contributed by atoms with Gasteiger partial charge in [-0.2, -0.15) is 0 Å². The Labute approximate surface area is 190 Å². The Bertz CT molecular complexity index is 995. The molecule has 3 aromatic rings. The van der Waals surface area contributed by atoms with Crippen LogP contribution in [0, 0.1) is 11.7 Å². The summed E-state index contributed by atoms with van der Waals surface area (Å²) in [5, 5.41) is 0. The normalized spacial score (nSPS) is 11.0. The zero-order valence-corrected chi connectivity index (χ0v) is 19.3. The van der Waals surface area contributed by atoms with Gasteiger partial charge < -0.3 is 14.2 Å². The highest BCUT2D eigenvalue weighted by Gasteiger charge is 2.19. The number of hydrogen-bond donors (Lipinski definition) is 0. The third-order valence-corrected chi connectivity index (χ3v) is 5.26. The minimum Gasteiger partial charge on any atom is -0.494 e. The second-order valence-electron chi connectivity index (χ2n) is 8.56. The minimum atomic E-state index is -0.241. The Morgan fingerprint density at radius 2 is 1.88 bits per heavy atom. The Hall–Kier alpha value is -3.08. The van der Waals surface area contributed by atoms with Gasteiger partial charge >= 0.3 is 0 Å². The van der Waals surface area contributed by atoms with Crippen LogP contribution in [0.4, 0.5) is 4.39 Å². The first-order valence-electron chi connectivity index (χ1n) is 11.4. The summed E-state index contributed by atoms with van der Waals surface area (Å²) in [6, 6.07) is 18.0. The molecule has 0 fully saturated rings. The van der Waals surface area contributed by atoms with Crippen LogP contribution in [0.3, 0.4) is 0 Å². The molecule has 0 bridgehead atoms. The lowest BCUT2D eigenvalue weighted by molar-refractivity contribution is 0.0718. The summed E-state index contributed by atoms with van der Waals surface area (Å²) in [7, 11) is 0. The Morgan fingerprint density at radius 3 is 2.56 bits per heavy atom. The van der Waals surface area contributed by atoms with E-state index in [0.29, 0.717) is 37.7 Å². The largest absolute Gasteiger partial charge is 0.494 e. The van der Waals surface area contributed by atoms with Crippen LogP contribution in [0.25, 0.3) is 0 Å². The molecule has 1 heterocycles. The van der Waals surface area contributed by atoms with Crippen molar-refractivity contribution in [2.24, 2.45) is 5.92 Å². The highest BCUT2D eigenvalue weighted by Crippen LogP contribution is 2.18. The maximum atomic E-state index is 13.6. The highest BCUT2D eigenvalue weighted by atomic mass is 19.1. The lowest BCUT2D eigenvalue weighted by atomic mass is 10.1. The van der Waals surface area contributed by atoms with E-state index in [9.17, 15) is 9.18 Å². The van der Waals surface area contributed by atoms with E-state index >= 15 is 0 Å². The topological polar surface area (TPSA) is 34.5 Å². The van der Waals surface area contributed by atoms with Crippen LogP contribution in [0.5, 0.6) is 5.75 Å². The van der Waals surface area contributed by atoms with E-state index in [1.54, 1.807) is 12.1 Å². The van der Waals surface area contributed by atoms with Gasteiger partial charge in [-0.3, -0.25) is 4.79 Å². The molecule has 0 aliphatic carbocycles. The van der Waals surface area contributed by atoms with Gasteiger partial charge in [0.25, 0.3) is 5.91 Å². The van der Waals surface area contributed by atoms with Gasteiger partial charge in [-0.1, -0.05) is 39.3 Å². The second-order valence-corrected chi connectivity index (χ2v) is 8.56. The number of ether oxygens (including phenoxy) is 1. The average molecular weight is 437 g/mol. The smallest absolute Gasteiger partial charge is 0.254 e. The van der Waals surface area contributed by atoms with Crippen molar-refractivity contribution in [3.63, 3.8) is 0 Å². The third kappa shape index (κ3) is 6.71. The molecule has 32 heavy (non-hydrogen) atoms. The third-order valence-electron chi connectivity index (χ3n) is 5.26. The molecular weight excluding hydrogens is 403 g/mol. The van der Waals surface area contributed by atoms with Crippen LogP contribution in [-0.2, 0) is 13.1 Å². The van der Waals surface area contributed by atoms with Crippen LogP contribution in [-0.4, -0.2) is 28.5 Å². The van der Waals surface area contributed by atoms with Gasteiger partial charge in [-0.15, -0.1) is 0 Å².